The number of halogens is 1. The van der Waals surface area contributed by atoms with E-state index in [0.717, 1.165) is 19.3 Å². The van der Waals surface area contributed by atoms with E-state index >= 15 is 0 Å². The number of benzene rings is 1. The number of hydrogen-bond acceptors (Lipinski definition) is 4. The highest BCUT2D eigenvalue weighted by atomic mass is 35.5. The van der Waals surface area contributed by atoms with Crippen LogP contribution in [0.3, 0.4) is 0 Å². The van der Waals surface area contributed by atoms with Gasteiger partial charge in [-0.05, 0) is 31.4 Å². The minimum Gasteiger partial charge on any atom is -0.490 e. The van der Waals surface area contributed by atoms with Crippen molar-refractivity contribution in [2.45, 2.75) is 40.0 Å². The van der Waals surface area contributed by atoms with E-state index in [1.54, 1.807) is 12.1 Å². The van der Waals surface area contributed by atoms with Crippen molar-refractivity contribution in [2.75, 3.05) is 25.7 Å². The molecule has 124 valence electrons. The lowest BCUT2D eigenvalue weighted by molar-refractivity contribution is 0.101. The fourth-order valence-corrected chi connectivity index (χ4v) is 1.99. The van der Waals surface area contributed by atoms with Gasteiger partial charge in [-0.1, -0.05) is 20.8 Å². The van der Waals surface area contributed by atoms with Crippen LogP contribution in [-0.4, -0.2) is 31.5 Å². The van der Waals surface area contributed by atoms with E-state index in [2.05, 4.69) is 0 Å². The van der Waals surface area contributed by atoms with Gasteiger partial charge in [-0.15, -0.1) is 11.6 Å². The lowest BCUT2D eigenvalue weighted by Gasteiger charge is -2.18. The van der Waals surface area contributed by atoms with Crippen molar-refractivity contribution in [3.63, 3.8) is 0 Å². The third kappa shape index (κ3) is 5.09. The van der Waals surface area contributed by atoms with Gasteiger partial charge >= 0.3 is 0 Å². The van der Waals surface area contributed by atoms with Gasteiger partial charge in [0.2, 0.25) is 5.75 Å². The average Bonchev–Trinajstić information content (AvgIpc) is 2.55. The van der Waals surface area contributed by atoms with Crippen LogP contribution in [0.2, 0.25) is 0 Å². The van der Waals surface area contributed by atoms with Crippen molar-refractivity contribution in [2.24, 2.45) is 0 Å². The van der Waals surface area contributed by atoms with Crippen molar-refractivity contribution in [3.8, 4) is 17.2 Å². The number of carbonyl (C=O) groups excluding carboxylic acids is 1. The molecule has 0 atom stereocenters. The van der Waals surface area contributed by atoms with Gasteiger partial charge in [0.1, 0.15) is 0 Å². The van der Waals surface area contributed by atoms with Gasteiger partial charge in [0.15, 0.2) is 17.3 Å². The molecule has 4 nitrogen and oxygen atoms in total. The largest absolute Gasteiger partial charge is 0.490 e. The fraction of sp³-hybridized carbons (Fsp3) is 0.588. The van der Waals surface area contributed by atoms with Gasteiger partial charge in [-0.2, -0.15) is 0 Å². The van der Waals surface area contributed by atoms with E-state index in [-0.39, 0.29) is 11.7 Å². The maximum Gasteiger partial charge on any atom is 0.204 e. The predicted octanol–water partition coefficient (Wildman–Crippen LogP) is 4.47. The normalized spacial score (nSPS) is 10.4. The van der Waals surface area contributed by atoms with Crippen LogP contribution in [0.25, 0.3) is 0 Å². The zero-order valence-corrected chi connectivity index (χ0v) is 14.4. The summed E-state index contributed by atoms with van der Waals surface area (Å²) in [7, 11) is 0. The second kappa shape index (κ2) is 10.3. The average molecular weight is 329 g/mol. The van der Waals surface area contributed by atoms with Crippen molar-refractivity contribution in [1.82, 2.24) is 0 Å². The van der Waals surface area contributed by atoms with E-state index in [1.165, 1.54) is 0 Å². The van der Waals surface area contributed by atoms with Gasteiger partial charge < -0.3 is 14.2 Å². The molecule has 0 spiro atoms. The number of carbonyl (C=O) groups is 1. The first-order chi connectivity index (χ1) is 10.7. The van der Waals surface area contributed by atoms with Crippen molar-refractivity contribution in [1.29, 1.82) is 0 Å². The van der Waals surface area contributed by atoms with Gasteiger partial charge in [0.05, 0.1) is 31.3 Å². The second-order valence-electron chi connectivity index (χ2n) is 4.87. The SMILES string of the molecule is CCCOc1ccc(C(=O)CCl)c(OCCC)c1OCCC. The van der Waals surface area contributed by atoms with Crippen LogP contribution in [-0.2, 0) is 0 Å². The monoisotopic (exact) mass is 328 g/mol. The number of Topliss-reactive ketones (excluding diaryl/α,β-unsaturated/α-hetero) is 1. The lowest BCUT2D eigenvalue weighted by atomic mass is 10.1. The summed E-state index contributed by atoms with van der Waals surface area (Å²) in [6.45, 7) is 7.68. The Hall–Kier alpha value is -1.42. The van der Waals surface area contributed by atoms with Crippen molar-refractivity contribution >= 4 is 17.4 Å². The first kappa shape index (κ1) is 18.6. The van der Waals surface area contributed by atoms with Crippen LogP contribution in [0.5, 0.6) is 17.2 Å². The zero-order valence-electron chi connectivity index (χ0n) is 13.6. The zero-order chi connectivity index (χ0) is 16.4. The van der Waals surface area contributed by atoms with Crippen molar-refractivity contribution in [3.05, 3.63) is 17.7 Å². The van der Waals surface area contributed by atoms with Crippen LogP contribution < -0.4 is 14.2 Å². The molecule has 0 bridgehead atoms. The highest BCUT2D eigenvalue weighted by Gasteiger charge is 2.21. The van der Waals surface area contributed by atoms with E-state index in [0.29, 0.717) is 42.6 Å². The molecule has 0 fully saturated rings. The lowest BCUT2D eigenvalue weighted by Crippen LogP contribution is -2.10. The molecule has 1 aromatic carbocycles. The molecule has 5 heteroatoms. The Balaban J connectivity index is 3.26. The van der Waals surface area contributed by atoms with Crippen LogP contribution in [0, 0.1) is 0 Å². The maximum absolute atomic E-state index is 12.0. The second-order valence-corrected chi connectivity index (χ2v) is 5.14. The molecule has 0 aliphatic carbocycles. The van der Waals surface area contributed by atoms with E-state index in [9.17, 15) is 4.79 Å². The topological polar surface area (TPSA) is 44.8 Å². The number of hydrogen-bond donors (Lipinski definition) is 0. The summed E-state index contributed by atoms with van der Waals surface area (Å²) >= 11 is 5.70. The van der Waals surface area contributed by atoms with Crippen LogP contribution in [0.4, 0.5) is 0 Å². The third-order valence-corrected chi connectivity index (χ3v) is 3.10. The summed E-state index contributed by atoms with van der Waals surface area (Å²) in [6.07, 6.45) is 2.58. The summed E-state index contributed by atoms with van der Waals surface area (Å²) in [5.41, 5.74) is 0.443. The minimum atomic E-state index is -0.184. The molecule has 1 aromatic rings. The Bertz CT molecular complexity index is 474. The Morgan fingerprint density at radius 2 is 1.45 bits per heavy atom. The Kier molecular flexibility index (Phi) is 8.75. The summed E-state index contributed by atoms with van der Waals surface area (Å²) in [4.78, 5) is 12.0. The molecular weight excluding hydrogens is 304 g/mol. The van der Waals surface area contributed by atoms with Crippen LogP contribution in [0.1, 0.15) is 50.4 Å². The molecule has 0 saturated carbocycles. The standard InChI is InChI=1S/C17H25ClO4/c1-4-9-20-15-8-7-13(14(19)12-18)16(21-10-5-2)17(15)22-11-6-3/h7-8H,4-6,9-12H2,1-3H3. The molecular formula is C17H25ClO4. The van der Waals surface area contributed by atoms with E-state index in [1.807, 2.05) is 20.8 Å². The highest BCUT2D eigenvalue weighted by Crippen LogP contribution is 2.41. The third-order valence-electron chi connectivity index (χ3n) is 2.86. The van der Waals surface area contributed by atoms with E-state index < -0.39 is 0 Å². The van der Waals surface area contributed by atoms with Crippen molar-refractivity contribution < 1.29 is 19.0 Å². The minimum absolute atomic E-state index is 0.0924. The van der Waals surface area contributed by atoms with Gasteiger partial charge in [-0.3, -0.25) is 4.79 Å². The molecule has 0 aromatic heterocycles. The number of ketones is 1. The number of alkyl halides is 1. The molecule has 0 unspecified atom stereocenters. The Morgan fingerprint density at radius 1 is 0.909 bits per heavy atom. The Labute approximate surface area is 137 Å². The molecule has 22 heavy (non-hydrogen) atoms. The first-order valence-electron chi connectivity index (χ1n) is 7.84. The van der Waals surface area contributed by atoms with E-state index in [4.69, 9.17) is 25.8 Å². The summed E-state index contributed by atoms with van der Waals surface area (Å²) in [6, 6.07) is 3.44. The molecule has 0 N–H and O–H groups in total. The van der Waals surface area contributed by atoms with Crippen LogP contribution in [0.15, 0.2) is 12.1 Å². The molecule has 0 aliphatic heterocycles. The van der Waals surface area contributed by atoms with Gasteiger partial charge in [0, 0.05) is 0 Å². The predicted molar refractivity (Wildman–Crippen MR) is 88.9 cm³/mol. The Morgan fingerprint density at radius 3 is 2.00 bits per heavy atom. The van der Waals surface area contributed by atoms with Crippen LogP contribution >= 0.6 is 11.6 Å². The first-order valence-corrected chi connectivity index (χ1v) is 8.37. The summed E-state index contributed by atoms with van der Waals surface area (Å²) in [5, 5.41) is 0. The summed E-state index contributed by atoms with van der Waals surface area (Å²) < 4.78 is 17.3. The quantitative estimate of drug-likeness (QED) is 0.444. The molecule has 0 heterocycles. The van der Waals surface area contributed by atoms with Gasteiger partial charge in [-0.25, -0.2) is 0 Å². The number of ether oxygens (including phenoxy) is 3. The molecule has 0 aliphatic rings. The van der Waals surface area contributed by atoms with Gasteiger partial charge in [0.25, 0.3) is 0 Å². The number of rotatable bonds is 11. The molecule has 0 radical (unpaired) electrons. The maximum atomic E-state index is 12.0. The smallest absolute Gasteiger partial charge is 0.204 e. The summed E-state index contributed by atoms with van der Waals surface area (Å²) in [5.74, 6) is 1.27. The molecule has 0 saturated heterocycles. The molecule has 0 amide bonds. The molecule has 1 rings (SSSR count). The fourth-order valence-electron chi connectivity index (χ4n) is 1.85. The highest BCUT2D eigenvalue weighted by molar-refractivity contribution is 6.30.